The van der Waals surface area contributed by atoms with E-state index in [9.17, 15) is 9.59 Å². The second-order valence-corrected chi connectivity index (χ2v) is 4.75. The number of hydrogen-bond acceptors (Lipinski definition) is 4. The van der Waals surface area contributed by atoms with E-state index in [4.69, 9.17) is 5.73 Å². The number of aromatic amines is 1. The van der Waals surface area contributed by atoms with Gasteiger partial charge >= 0.3 is 0 Å². The topological polar surface area (TPSA) is 114 Å². The van der Waals surface area contributed by atoms with Crippen LogP contribution in [0, 0.1) is 0 Å². The van der Waals surface area contributed by atoms with E-state index in [1.807, 2.05) is 36.4 Å². The third-order valence-corrected chi connectivity index (χ3v) is 3.19. The molecule has 1 aromatic carbocycles. The molecule has 0 saturated heterocycles. The van der Waals surface area contributed by atoms with E-state index in [-0.39, 0.29) is 17.1 Å². The van der Waals surface area contributed by atoms with Crippen molar-refractivity contribution in [3.63, 3.8) is 0 Å². The lowest BCUT2D eigenvalue weighted by atomic mass is 10.1. The molecule has 0 fully saturated rings. The van der Waals surface area contributed by atoms with E-state index in [0.717, 1.165) is 5.56 Å². The van der Waals surface area contributed by atoms with Crippen molar-refractivity contribution in [2.45, 2.75) is 0 Å². The lowest BCUT2D eigenvalue weighted by Crippen LogP contribution is -2.18. The van der Waals surface area contributed by atoms with Crippen molar-refractivity contribution in [1.82, 2.24) is 15.2 Å². The molecule has 2 heterocycles. The monoisotopic (exact) mass is 307 g/mol. The number of rotatable bonds is 4. The molecule has 0 aliphatic carbocycles. The number of primary amides is 1. The zero-order chi connectivity index (χ0) is 16.2. The van der Waals surface area contributed by atoms with Crippen molar-refractivity contribution in [3.05, 3.63) is 66.1 Å². The van der Waals surface area contributed by atoms with Crippen molar-refractivity contribution >= 4 is 17.5 Å². The van der Waals surface area contributed by atoms with Gasteiger partial charge in [0.2, 0.25) is 0 Å². The fourth-order valence-electron chi connectivity index (χ4n) is 2.09. The molecule has 0 unspecified atom stereocenters. The Kier molecular flexibility index (Phi) is 3.84. The summed E-state index contributed by atoms with van der Waals surface area (Å²) in [6.07, 6.45) is 1.32. The summed E-state index contributed by atoms with van der Waals surface area (Å²) in [5.41, 5.74) is 7.26. The number of nitrogens with one attached hydrogen (secondary N) is 2. The van der Waals surface area contributed by atoms with Gasteiger partial charge in [-0.25, -0.2) is 4.98 Å². The van der Waals surface area contributed by atoms with E-state index < -0.39 is 11.8 Å². The van der Waals surface area contributed by atoms with E-state index in [1.165, 1.54) is 6.20 Å². The zero-order valence-electron chi connectivity index (χ0n) is 12.0. The molecule has 7 nitrogen and oxygen atoms in total. The molecule has 3 aromatic rings. The smallest absolute Gasteiger partial charge is 0.274 e. The van der Waals surface area contributed by atoms with Gasteiger partial charge in [-0.2, -0.15) is 5.10 Å². The highest BCUT2D eigenvalue weighted by Crippen LogP contribution is 2.17. The number of aromatic nitrogens is 3. The van der Waals surface area contributed by atoms with Crippen LogP contribution in [0.4, 0.5) is 5.69 Å². The van der Waals surface area contributed by atoms with Gasteiger partial charge in [-0.05, 0) is 12.1 Å². The van der Waals surface area contributed by atoms with Gasteiger partial charge in [0.25, 0.3) is 11.8 Å². The van der Waals surface area contributed by atoms with Crippen molar-refractivity contribution in [1.29, 1.82) is 0 Å². The summed E-state index contributed by atoms with van der Waals surface area (Å²) in [6.45, 7) is 0. The van der Waals surface area contributed by atoms with Crippen LogP contribution >= 0.6 is 0 Å². The van der Waals surface area contributed by atoms with E-state index in [2.05, 4.69) is 20.5 Å². The molecule has 7 heteroatoms. The van der Waals surface area contributed by atoms with Crippen molar-refractivity contribution in [2.75, 3.05) is 5.32 Å². The largest absolute Gasteiger partial charge is 0.364 e. The molecule has 0 spiro atoms. The second kappa shape index (κ2) is 6.10. The first-order chi connectivity index (χ1) is 11.1. The summed E-state index contributed by atoms with van der Waals surface area (Å²) < 4.78 is 0. The van der Waals surface area contributed by atoms with Crippen LogP contribution in [0.2, 0.25) is 0 Å². The highest BCUT2D eigenvalue weighted by Gasteiger charge is 2.15. The van der Waals surface area contributed by atoms with Crippen molar-refractivity contribution < 1.29 is 9.59 Å². The average Bonchev–Trinajstić information content (AvgIpc) is 3.04. The number of carbonyl (C=O) groups excluding carboxylic acids is 2. The Morgan fingerprint density at radius 2 is 1.83 bits per heavy atom. The number of benzene rings is 1. The number of H-pyrrole nitrogens is 1. The minimum absolute atomic E-state index is 0.0394. The van der Waals surface area contributed by atoms with Gasteiger partial charge in [0.1, 0.15) is 11.4 Å². The first-order valence-electron chi connectivity index (χ1n) is 6.82. The summed E-state index contributed by atoms with van der Waals surface area (Å²) >= 11 is 0. The number of pyridine rings is 1. The molecule has 0 saturated carbocycles. The Hall–Kier alpha value is -3.48. The normalized spacial score (nSPS) is 10.3. The van der Waals surface area contributed by atoms with Crippen LogP contribution in [0.5, 0.6) is 0 Å². The maximum atomic E-state index is 12.3. The predicted molar refractivity (Wildman–Crippen MR) is 84.7 cm³/mol. The number of nitrogens with two attached hydrogens (primary N) is 1. The van der Waals surface area contributed by atoms with Crippen LogP contribution < -0.4 is 11.1 Å². The first kappa shape index (κ1) is 14.5. The maximum absolute atomic E-state index is 12.3. The summed E-state index contributed by atoms with van der Waals surface area (Å²) in [6, 6.07) is 14.7. The van der Waals surface area contributed by atoms with Gasteiger partial charge in [-0.3, -0.25) is 14.7 Å². The molecule has 2 aromatic heterocycles. The van der Waals surface area contributed by atoms with E-state index in [1.54, 1.807) is 12.1 Å². The van der Waals surface area contributed by atoms with Crippen LogP contribution in [0.25, 0.3) is 11.3 Å². The van der Waals surface area contributed by atoms with Crippen molar-refractivity contribution in [3.8, 4) is 11.3 Å². The van der Waals surface area contributed by atoms with Gasteiger partial charge in [0.15, 0.2) is 0 Å². The molecule has 114 valence electrons. The zero-order valence-corrected chi connectivity index (χ0v) is 12.0. The Labute approximate surface area is 131 Å². The van der Waals surface area contributed by atoms with Gasteiger partial charge in [-0.15, -0.1) is 0 Å². The highest BCUT2D eigenvalue weighted by atomic mass is 16.2. The van der Waals surface area contributed by atoms with Gasteiger partial charge in [0, 0.05) is 5.56 Å². The minimum Gasteiger partial charge on any atom is -0.364 e. The quantitative estimate of drug-likeness (QED) is 0.682. The Bertz CT molecular complexity index is 858. The number of anilines is 1. The lowest BCUT2D eigenvalue weighted by molar-refractivity contribution is 0.0996. The number of nitrogens with zero attached hydrogens (tertiary/aromatic N) is 2. The van der Waals surface area contributed by atoms with Gasteiger partial charge in [-0.1, -0.05) is 36.4 Å². The predicted octanol–water partition coefficient (Wildman–Crippen LogP) is 1.82. The standard InChI is InChI=1S/C16H13N5O2/c17-15(22)14-13(9-18-21-14)20-16(23)12-8-4-7-11(19-12)10-5-2-1-3-6-10/h1-9H,(H2,17,22)(H,18,21)(H,20,23). The summed E-state index contributed by atoms with van der Waals surface area (Å²) in [5.74, 6) is -1.16. The Morgan fingerprint density at radius 1 is 1.04 bits per heavy atom. The number of hydrogen-bond donors (Lipinski definition) is 3. The molecule has 23 heavy (non-hydrogen) atoms. The van der Waals surface area contributed by atoms with Gasteiger partial charge in [0.05, 0.1) is 17.6 Å². The average molecular weight is 307 g/mol. The third-order valence-electron chi connectivity index (χ3n) is 3.19. The van der Waals surface area contributed by atoms with Crippen LogP contribution in [-0.2, 0) is 0 Å². The molecule has 0 aliphatic rings. The molecular weight excluding hydrogens is 294 g/mol. The molecule has 3 rings (SSSR count). The summed E-state index contributed by atoms with van der Waals surface area (Å²) in [7, 11) is 0. The fourth-order valence-corrected chi connectivity index (χ4v) is 2.09. The van der Waals surface area contributed by atoms with Crippen LogP contribution in [-0.4, -0.2) is 27.0 Å². The van der Waals surface area contributed by atoms with Crippen molar-refractivity contribution in [2.24, 2.45) is 5.73 Å². The number of carbonyl (C=O) groups is 2. The first-order valence-corrected chi connectivity index (χ1v) is 6.82. The Balaban J connectivity index is 1.86. The molecule has 0 bridgehead atoms. The van der Waals surface area contributed by atoms with Crippen LogP contribution in [0.1, 0.15) is 21.0 Å². The fraction of sp³-hybridized carbons (Fsp3) is 0. The van der Waals surface area contributed by atoms with Crippen LogP contribution in [0.15, 0.2) is 54.7 Å². The van der Waals surface area contributed by atoms with Crippen LogP contribution in [0.3, 0.4) is 0 Å². The SMILES string of the molecule is NC(=O)c1[nH]ncc1NC(=O)c1cccc(-c2ccccc2)n1. The molecule has 0 atom stereocenters. The second-order valence-electron chi connectivity index (χ2n) is 4.75. The number of amides is 2. The lowest BCUT2D eigenvalue weighted by Gasteiger charge is -2.06. The third kappa shape index (κ3) is 3.08. The van der Waals surface area contributed by atoms with E-state index >= 15 is 0 Å². The summed E-state index contributed by atoms with van der Waals surface area (Å²) in [4.78, 5) is 27.9. The molecule has 0 radical (unpaired) electrons. The maximum Gasteiger partial charge on any atom is 0.274 e. The molecule has 2 amide bonds. The minimum atomic E-state index is -0.705. The Morgan fingerprint density at radius 3 is 2.57 bits per heavy atom. The van der Waals surface area contributed by atoms with Gasteiger partial charge < -0.3 is 11.1 Å². The summed E-state index contributed by atoms with van der Waals surface area (Å²) in [5, 5.41) is 8.70. The molecule has 4 N–H and O–H groups in total. The molecule has 0 aliphatic heterocycles. The van der Waals surface area contributed by atoms with E-state index in [0.29, 0.717) is 5.69 Å². The highest BCUT2D eigenvalue weighted by molar-refractivity contribution is 6.07. The molecular formula is C16H13N5O2.